The number of hydrogen-bond acceptors (Lipinski definition) is 3. The largest absolute Gasteiger partial charge is 0.340 e. The average Bonchev–Trinajstić information content (AvgIpc) is 3.24. The van der Waals surface area contributed by atoms with Crippen molar-refractivity contribution in [3.05, 3.63) is 35.9 Å². The van der Waals surface area contributed by atoms with Crippen LogP contribution in [0.2, 0.25) is 0 Å². The highest BCUT2D eigenvalue weighted by Gasteiger charge is 2.42. The second kappa shape index (κ2) is 6.01. The molecular formula is C16H22N2O3S. The van der Waals surface area contributed by atoms with Gasteiger partial charge in [0.2, 0.25) is 15.9 Å². The third-order valence-corrected chi connectivity index (χ3v) is 6.41. The molecule has 0 N–H and O–H groups in total. The Labute approximate surface area is 132 Å². The number of nitrogens with zero attached hydrogens (tertiary/aromatic N) is 2. The standard InChI is InChI=1S/C16H22N2O3S/c1-13-11-15(13)16(19)17-7-9-18(10-8-17)22(20,21)12-14-5-3-2-4-6-14/h2-6,13,15H,7-12H2,1H3/t13-,15-/m0/s1. The summed E-state index contributed by atoms with van der Waals surface area (Å²) in [5, 5.41) is 0. The first-order valence-corrected chi connectivity index (χ1v) is 9.39. The van der Waals surface area contributed by atoms with E-state index in [0.717, 1.165) is 12.0 Å². The van der Waals surface area contributed by atoms with Crippen LogP contribution in [0.4, 0.5) is 0 Å². The van der Waals surface area contributed by atoms with Crippen molar-refractivity contribution < 1.29 is 13.2 Å². The second-order valence-corrected chi connectivity index (χ2v) is 8.25. The summed E-state index contributed by atoms with van der Waals surface area (Å²) in [6, 6.07) is 9.22. The van der Waals surface area contributed by atoms with Crippen LogP contribution in [0.15, 0.2) is 30.3 Å². The predicted octanol–water partition coefficient (Wildman–Crippen LogP) is 1.32. The molecular weight excluding hydrogens is 300 g/mol. The summed E-state index contributed by atoms with van der Waals surface area (Å²) in [5.41, 5.74) is 0.799. The van der Waals surface area contributed by atoms with Gasteiger partial charge in [0.25, 0.3) is 0 Å². The van der Waals surface area contributed by atoms with Crippen molar-refractivity contribution in [2.45, 2.75) is 19.1 Å². The molecule has 120 valence electrons. The van der Waals surface area contributed by atoms with Crippen molar-refractivity contribution in [3.63, 3.8) is 0 Å². The van der Waals surface area contributed by atoms with Crippen molar-refractivity contribution >= 4 is 15.9 Å². The molecule has 3 rings (SSSR count). The summed E-state index contributed by atoms with van der Waals surface area (Å²) in [6.07, 6.45) is 0.978. The summed E-state index contributed by atoms with van der Waals surface area (Å²) in [4.78, 5) is 14.0. The van der Waals surface area contributed by atoms with E-state index < -0.39 is 10.0 Å². The van der Waals surface area contributed by atoms with E-state index >= 15 is 0 Å². The highest BCUT2D eigenvalue weighted by molar-refractivity contribution is 7.88. The summed E-state index contributed by atoms with van der Waals surface area (Å²) in [7, 11) is -3.31. The lowest BCUT2D eigenvalue weighted by molar-refractivity contribution is -0.134. The van der Waals surface area contributed by atoms with Gasteiger partial charge in [-0.1, -0.05) is 37.3 Å². The maximum atomic E-state index is 12.5. The van der Waals surface area contributed by atoms with Crippen molar-refractivity contribution in [2.75, 3.05) is 26.2 Å². The minimum atomic E-state index is -3.31. The summed E-state index contributed by atoms with van der Waals surface area (Å²) >= 11 is 0. The molecule has 1 saturated carbocycles. The first kappa shape index (κ1) is 15.5. The zero-order valence-corrected chi connectivity index (χ0v) is 13.6. The quantitative estimate of drug-likeness (QED) is 0.840. The lowest BCUT2D eigenvalue weighted by atomic mass is 10.2. The van der Waals surface area contributed by atoms with E-state index in [1.165, 1.54) is 4.31 Å². The molecule has 1 amide bonds. The van der Waals surface area contributed by atoms with Gasteiger partial charge < -0.3 is 4.90 Å². The van der Waals surface area contributed by atoms with E-state index in [0.29, 0.717) is 32.1 Å². The Hall–Kier alpha value is -1.40. The Morgan fingerprint density at radius 3 is 2.27 bits per heavy atom. The molecule has 0 unspecified atom stereocenters. The number of rotatable bonds is 4. The lowest BCUT2D eigenvalue weighted by Gasteiger charge is -2.34. The highest BCUT2D eigenvalue weighted by atomic mass is 32.2. The molecule has 0 bridgehead atoms. The van der Waals surface area contributed by atoms with Crippen LogP contribution in [0.1, 0.15) is 18.9 Å². The molecule has 1 aromatic rings. The summed E-state index contributed by atoms with van der Waals surface area (Å²) in [5.74, 6) is 0.897. The van der Waals surface area contributed by atoms with Gasteiger partial charge in [-0.15, -0.1) is 0 Å². The first-order chi connectivity index (χ1) is 10.5. The first-order valence-electron chi connectivity index (χ1n) is 7.78. The van der Waals surface area contributed by atoms with Gasteiger partial charge in [0.05, 0.1) is 5.75 Å². The fraction of sp³-hybridized carbons (Fsp3) is 0.562. The number of carbonyl (C=O) groups is 1. The number of amides is 1. The molecule has 22 heavy (non-hydrogen) atoms. The molecule has 2 atom stereocenters. The maximum Gasteiger partial charge on any atom is 0.226 e. The molecule has 0 radical (unpaired) electrons. The van der Waals surface area contributed by atoms with Gasteiger partial charge in [0.1, 0.15) is 0 Å². The lowest BCUT2D eigenvalue weighted by Crippen LogP contribution is -2.51. The number of piperazine rings is 1. The summed E-state index contributed by atoms with van der Waals surface area (Å²) < 4.78 is 26.4. The molecule has 2 fully saturated rings. The van der Waals surface area contributed by atoms with Gasteiger partial charge in [-0.3, -0.25) is 4.79 Å². The van der Waals surface area contributed by atoms with E-state index in [9.17, 15) is 13.2 Å². The number of benzene rings is 1. The topological polar surface area (TPSA) is 57.7 Å². The average molecular weight is 322 g/mol. The smallest absolute Gasteiger partial charge is 0.226 e. The second-order valence-electron chi connectivity index (χ2n) is 6.29. The van der Waals surface area contributed by atoms with E-state index in [2.05, 4.69) is 6.92 Å². The van der Waals surface area contributed by atoms with Gasteiger partial charge in [-0.2, -0.15) is 4.31 Å². The Balaban J connectivity index is 1.57. The molecule has 5 nitrogen and oxygen atoms in total. The number of carbonyl (C=O) groups excluding carboxylic acids is 1. The van der Waals surface area contributed by atoms with Gasteiger partial charge in [0.15, 0.2) is 0 Å². The fourth-order valence-corrected chi connectivity index (χ4v) is 4.48. The zero-order chi connectivity index (χ0) is 15.7. The van der Waals surface area contributed by atoms with Gasteiger partial charge in [-0.05, 0) is 17.9 Å². The van der Waals surface area contributed by atoms with E-state index in [4.69, 9.17) is 0 Å². The van der Waals surface area contributed by atoms with Crippen LogP contribution in [0.3, 0.4) is 0 Å². The Morgan fingerprint density at radius 1 is 1.14 bits per heavy atom. The SMILES string of the molecule is C[C@H]1C[C@@H]1C(=O)N1CCN(S(=O)(=O)Cc2ccccc2)CC1. The van der Waals surface area contributed by atoms with Crippen LogP contribution in [0.25, 0.3) is 0 Å². The van der Waals surface area contributed by atoms with Crippen LogP contribution < -0.4 is 0 Å². The van der Waals surface area contributed by atoms with Gasteiger partial charge in [-0.25, -0.2) is 8.42 Å². The van der Waals surface area contributed by atoms with E-state index in [1.807, 2.05) is 35.2 Å². The van der Waals surface area contributed by atoms with Gasteiger partial charge >= 0.3 is 0 Å². The molecule has 1 heterocycles. The minimum absolute atomic E-state index is 0.0292. The van der Waals surface area contributed by atoms with Crippen LogP contribution in [0, 0.1) is 11.8 Å². The minimum Gasteiger partial charge on any atom is -0.340 e. The number of sulfonamides is 1. The maximum absolute atomic E-state index is 12.5. The third-order valence-electron chi connectivity index (χ3n) is 4.56. The molecule has 6 heteroatoms. The fourth-order valence-electron chi connectivity index (χ4n) is 2.96. The van der Waals surface area contributed by atoms with Crippen molar-refractivity contribution in [1.29, 1.82) is 0 Å². The van der Waals surface area contributed by atoms with Crippen LogP contribution >= 0.6 is 0 Å². The van der Waals surface area contributed by atoms with E-state index in [1.54, 1.807) is 0 Å². The molecule has 1 aliphatic heterocycles. The number of hydrogen-bond donors (Lipinski definition) is 0. The molecule has 0 spiro atoms. The molecule has 0 aromatic heterocycles. The third kappa shape index (κ3) is 3.33. The van der Waals surface area contributed by atoms with Crippen molar-refractivity contribution in [1.82, 2.24) is 9.21 Å². The zero-order valence-electron chi connectivity index (χ0n) is 12.8. The normalized spacial score (nSPS) is 26.0. The molecule has 1 aliphatic carbocycles. The highest BCUT2D eigenvalue weighted by Crippen LogP contribution is 2.39. The molecule has 1 aromatic carbocycles. The molecule has 1 saturated heterocycles. The molecule has 2 aliphatic rings. The van der Waals surface area contributed by atoms with Crippen molar-refractivity contribution in [3.8, 4) is 0 Å². The Morgan fingerprint density at radius 2 is 1.73 bits per heavy atom. The van der Waals surface area contributed by atoms with E-state index in [-0.39, 0.29) is 17.6 Å². The van der Waals surface area contributed by atoms with Gasteiger partial charge in [0, 0.05) is 32.1 Å². The monoisotopic (exact) mass is 322 g/mol. The Kier molecular flexibility index (Phi) is 4.23. The van der Waals surface area contributed by atoms with Crippen molar-refractivity contribution in [2.24, 2.45) is 11.8 Å². The van der Waals surface area contributed by atoms with Crippen LogP contribution in [-0.2, 0) is 20.6 Å². The van der Waals surface area contributed by atoms with Crippen LogP contribution in [-0.4, -0.2) is 49.7 Å². The van der Waals surface area contributed by atoms with Crippen LogP contribution in [0.5, 0.6) is 0 Å². The summed E-state index contributed by atoms with van der Waals surface area (Å²) in [6.45, 7) is 3.92. The predicted molar refractivity (Wildman–Crippen MR) is 84.5 cm³/mol. The Bertz CT molecular complexity index is 637.